The molecule has 0 saturated heterocycles. The summed E-state index contributed by atoms with van der Waals surface area (Å²) in [6, 6.07) is 12.0. The third-order valence-electron chi connectivity index (χ3n) is 3.17. The topological polar surface area (TPSA) is 63.2 Å². The second-order valence-corrected chi connectivity index (χ2v) is 6.65. The highest BCUT2D eigenvalue weighted by molar-refractivity contribution is 7.11. The van der Waals surface area contributed by atoms with Gasteiger partial charge in [-0.25, -0.2) is 9.78 Å². The van der Waals surface area contributed by atoms with Crippen LogP contribution in [-0.2, 0) is 6.54 Å². The molecule has 0 aliphatic carbocycles. The van der Waals surface area contributed by atoms with Gasteiger partial charge >= 0.3 is 6.03 Å². The largest absolute Gasteiger partial charge is 0.431 e. The van der Waals surface area contributed by atoms with Crippen LogP contribution in [0.2, 0.25) is 10.0 Å². The summed E-state index contributed by atoms with van der Waals surface area (Å²) in [4.78, 5) is 16.0. The van der Waals surface area contributed by atoms with E-state index in [0.29, 0.717) is 33.2 Å². The molecule has 0 unspecified atom stereocenters. The average Bonchev–Trinajstić information content (AvgIpc) is 3.11. The number of halogens is 2. The number of thiazole rings is 1. The van der Waals surface area contributed by atoms with Crippen molar-refractivity contribution in [3.63, 3.8) is 0 Å². The minimum atomic E-state index is -0.332. The molecule has 5 nitrogen and oxygen atoms in total. The van der Waals surface area contributed by atoms with E-state index in [1.165, 1.54) is 11.3 Å². The molecule has 0 bridgehead atoms. The van der Waals surface area contributed by atoms with Gasteiger partial charge in [0.15, 0.2) is 0 Å². The van der Waals surface area contributed by atoms with Crippen LogP contribution in [0, 0.1) is 0 Å². The van der Waals surface area contributed by atoms with E-state index in [0.717, 1.165) is 5.56 Å². The second kappa shape index (κ2) is 8.20. The van der Waals surface area contributed by atoms with E-state index >= 15 is 0 Å². The molecule has 0 aliphatic heterocycles. The average molecular weight is 394 g/mol. The van der Waals surface area contributed by atoms with Crippen LogP contribution in [0.5, 0.6) is 10.9 Å². The van der Waals surface area contributed by atoms with Gasteiger partial charge in [-0.15, -0.1) is 0 Å². The van der Waals surface area contributed by atoms with E-state index in [1.54, 1.807) is 24.4 Å². The molecule has 25 heavy (non-hydrogen) atoms. The molecule has 2 amide bonds. The summed E-state index contributed by atoms with van der Waals surface area (Å²) in [6.45, 7) is 0.380. The van der Waals surface area contributed by atoms with Crippen molar-refractivity contribution in [1.82, 2.24) is 10.3 Å². The van der Waals surface area contributed by atoms with Crippen LogP contribution in [0.15, 0.2) is 54.0 Å². The number of ether oxygens (including phenoxy) is 1. The first-order chi connectivity index (χ1) is 12.1. The minimum absolute atomic E-state index is 0.332. The first-order valence-corrected chi connectivity index (χ1v) is 8.90. The zero-order chi connectivity index (χ0) is 17.6. The zero-order valence-electron chi connectivity index (χ0n) is 12.8. The molecule has 0 spiro atoms. The van der Waals surface area contributed by atoms with Gasteiger partial charge in [-0.3, -0.25) is 0 Å². The first-order valence-electron chi connectivity index (χ1n) is 7.26. The van der Waals surface area contributed by atoms with E-state index in [1.807, 2.05) is 29.6 Å². The predicted molar refractivity (Wildman–Crippen MR) is 101 cm³/mol. The van der Waals surface area contributed by atoms with Crippen molar-refractivity contribution in [2.24, 2.45) is 0 Å². The molecule has 2 N–H and O–H groups in total. The Bertz CT molecular complexity index is 855. The number of nitrogens with one attached hydrogen (secondary N) is 2. The van der Waals surface area contributed by atoms with Crippen molar-refractivity contribution in [3.05, 3.63) is 69.7 Å². The molecule has 1 heterocycles. The third kappa shape index (κ3) is 5.09. The fourth-order valence-corrected chi connectivity index (χ4v) is 2.77. The Hall–Kier alpha value is -2.28. The fraction of sp³-hybridized carbons (Fsp3) is 0.0588. The number of amides is 2. The molecule has 0 atom stereocenters. The Morgan fingerprint density at radius 1 is 1.12 bits per heavy atom. The van der Waals surface area contributed by atoms with E-state index in [2.05, 4.69) is 15.6 Å². The molecule has 1 aromatic heterocycles. The Labute approximate surface area is 158 Å². The number of benzene rings is 2. The number of anilines is 1. The SMILES string of the molecule is O=C(NCc1ccc(Oc2nccs2)cc1)Nc1ccc(Cl)c(Cl)c1. The Balaban J connectivity index is 1.50. The van der Waals surface area contributed by atoms with Gasteiger partial charge in [0.1, 0.15) is 5.75 Å². The van der Waals surface area contributed by atoms with Gasteiger partial charge in [0, 0.05) is 23.8 Å². The molecule has 3 rings (SSSR count). The number of carbonyl (C=O) groups is 1. The first kappa shape index (κ1) is 17.5. The van der Waals surface area contributed by atoms with Crippen molar-refractivity contribution < 1.29 is 9.53 Å². The maximum atomic E-state index is 11.9. The highest BCUT2D eigenvalue weighted by Gasteiger charge is 2.05. The molecule has 0 saturated carbocycles. The van der Waals surface area contributed by atoms with Gasteiger partial charge < -0.3 is 15.4 Å². The quantitative estimate of drug-likeness (QED) is 0.595. The van der Waals surface area contributed by atoms with E-state index in [9.17, 15) is 4.79 Å². The molecule has 128 valence electrons. The van der Waals surface area contributed by atoms with Crippen molar-refractivity contribution in [1.29, 1.82) is 0 Å². The summed E-state index contributed by atoms with van der Waals surface area (Å²) in [5, 5.41) is 8.73. The van der Waals surface area contributed by atoms with Crippen LogP contribution in [0.3, 0.4) is 0 Å². The highest BCUT2D eigenvalue weighted by Crippen LogP contribution is 2.25. The lowest BCUT2D eigenvalue weighted by Gasteiger charge is -2.09. The van der Waals surface area contributed by atoms with Gasteiger partial charge in [0.25, 0.3) is 5.19 Å². The molecule has 0 radical (unpaired) electrons. The molecular formula is C17H13Cl2N3O2S. The van der Waals surface area contributed by atoms with Crippen LogP contribution in [0.25, 0.3) is 0 Å². The fourth-order valence-electron chi connectivity index (χ4n) is 1.97. The molecule has 3 aromatic rings. The Morgan fingerprint density at radius 2 is 1.92 bits per heavy atom. The lowest BCUT2D eigenvalue weighted by atomic mass is 10.2. The van der Waals surface area contributed by atoms with E-state index in [-0.39, 0.29) is 6.03 Å². The summed E-state index contributed by atoms with van der Waals surface area (Å²) in [5.41, 5.74) is 1.51. The number of nitrogens with zero attached hydrogens (tertiary/aromatic N) is 1. The predicted octanol–water partition coefficient (Wildman–Crippen LogP) is 5.56. The van der Waals surface area contributed by atoms with Gasteiger partial charge in [-0.05, 0) is 35.9 Å². The Morgan fingerprint density at radius 3 is 2.60 bits per heavy atom. The van der Waals surface area contributed by atoms with Crippen molar-refractivity contribution in [3.8, 4) is 10.9 Å². The standard InChI is InChI=1S/C17H13Cl2N3O2S/c18-14-6-3-12(9-15(14)19)22-16(23)21-10-11-1-4-13(5-2-11)24-17-20-7-8-25-17/h1-9H,10H2,(H2,21,22,23). The van der Waals surface area contributed by atoms with Gasteiger partial charge in [0.2, 0.25) is 0 Å². The van der Waals surface area contributed by atoms with Crippen LogP contribution in [-0.4, -0.2) is 11.0 Å². The number of rotatable bonds is 5. The van der Waals surface area contributed by atoms with Gasteiger partial charge in [-0.1, -0.05) is 46.7 Å². The summed E-state index contributed by atoms with van der Waals surface area (Å²) < 4.78 is 5.58. The summed E-state index contributed by atoms with van der Waals surface area (Å²) in [7, 11) is 0. The van der Waals surface area contributed by atoms with Crippen LogP contribution >= 0.6 is 34.5 Å². The normalized spacial score (nSPS) is 10.3. The van der Waals surface area contributed by atoms with Gasteiger partial charge in [0.05, 0.1) is 10.0 Å². The summed E-state index contributed by atoms with van der Waals surface area (Å²) in [6.07, 6.45) is 1.69. The minimum Gasteiger partial charge on any atom is -0.431 e. The lowest BCUT2D eigenvalue weighted by molar-refractivity contribution is 0.251. The number of carbonyl (C=O) groups excluding carboxylic acids is 1. The number of aromatic nitrogens is 1. The molecule has 0 fully saturated rings. The number of hydrogen-bond donors (Lipinski definition) is 2. The van der Waals surface area contributed by atoms with Crippen molar-refractivity contribution in [2.45, 2.75) is 6.54 Å². The maximum absolute atomic E-state index is 11.9. The third-order valence-corrected chi connectivity index (χ3v) is 4.56. The monoisotopic (exact) mass is 393 g/mol. The summed E-state index contributed by atoms with van der Waals surface area (Å²) in [5.74, 6) is 0.693. The lowest BCUT2D eigenvalue weighted by Crippen LogP contribution is -2.28. The van der Waals surface area contributed by atoms with Crippen LogP contribution in [0.4, 0.5) is 10.5 Å². The highest BCUT2D eigenvalue weighted by atomic mass is 35.5. The van der Waals surface area contributed by atoms with Crippen molar-refractivity contribution >= 4 is 46.3 Å². The Kier molecular flexibility index (Phi) is 5.75. The van der Waals surface area contributed by atoms with Crippen LogP contribution in [0.1, 0.15) is 5.56 Å². The molecular weight excluding hydrogens is 381 g/mol. The van der Waals surface area contributed by atoms with Crippen LogP contribution < -0.4 is 15.4 Å². The summed E-state index contributed by atoms with van der Waals surface area (Å²) >= 11 is 13.2. The molecule has 0 aliphatic rings. The van der Waals surface area contributed by atoms with Crippen molar-refractivity contribution in [2.75, 3.05) is 5.32 Å². The maximum Gasteiger partial charge on any atom is 0.319 e. The van der Waals surface area contributed by atoms with E-state index in [4.69, 9.17) is 27.9 Å². The molecule has 2 aromatic carbocycles. The van der Waals surface area contributed by atoms with Gasteiger partial charge in [-0.2, -0.15) is 0 Å². The van der Waals surface area contributed by atoms with E-state index < -0.39 is 0 Å². The second-order valence-electron chi connectivity index (χ2n) is 4.98. The smallest absolute Gasteiger partial charge is 0.319 e. The molecule has 8 heteroatoms. The number of urea groups is 1. The zero-order valence-corrected chi connectivity index (χ0v) is 15.2. The number of hydrogen-bond acceptors (Lipinski definition) is 4.